The largest absolute Gasteiger partial charge is 0.490 e. The van der Waals surface area contributed by atoms with Crippen molar-refractivity contribution in [1.29, 1.82) is 0 Å². The molecule has 0 aromatic heterocycles. The number of nitrogens with one attached hydrogen (secondary N) is 1. The molecule has 7 heteroatoms. The molecule has 1 fully saturated rings. The Bertz CT molecular complexity index is 1250. The summed E-state index contributed by atoms with van der Waals surface area (Å²) in [6.45, 7) is 4.28. The van der Waals surface area contributed by atoms with Crippen molar-refractivity contribution in [2.45, 2.75) is 26.5 Å². The maximum Gasteiger partial charge on any atom is 0.331 e. The highest BCUT2D eigenvalue weighted by molar-refractivity contribution is 6.30. The van der Waals surface area contributed by atoms with E-state index in [1.807, 2.05) is 74.5 Å². The lowest BCUT2D eigenvalue weighted by molar-refractivity contribution is -0.130. The van der Waals surface area contributed by atoms with Crippen LogP contribution in [0, 0.1) is 0 Å². The summed E-state index contributed by atoms with van der Waals surface area (Å²) in [5.74, 6) is -0.352. The van der Waals surface area contributed by atoms with Crippen molar-refractivity contribution >= 4 is 23.9 Å². The van der Waals surface area contributed by atoms with Crippen molar-refractivity contribution in [2.75, 3.05) is 6.61 Å². The van der Waals surface area contributed by atoms with Gasteiger partial charge in [-0.05, 0) is 48.7 Å². The van der Waals surface area contributed by atoms with Gasteiger partial charge in [0.15, 0.2) is 11.5 Å². The van der Waals surface area contributed by atoms with E-state index in [0.717, 1.165) is 16.0 Å². The molecule has 35 heavy (non-hydrogen) atoms. The quantitative estimate of drug-likeness (QED) is 0.374. The lowest BCUT2D eigenvalue weighted by Gasteiger charge is -2.26. The SMILES string of the molecule is CCOc1cc(/C=C2\C(=O)NC(=O)N(Cc3ccccc3)C2=O)ccc1O[C@H](C)c1ccccc1. The monoisotopic (exact) mass is 470 g/mol. The van der Waals surface area contributed by atoms with Crippen molar-refractivity contribution in [1.82, 2.24) is 10.2 Å². The first-order valence-electron chi connectivity index (χ1n) is 11.4. The van der Waals surface area contributed by atoms with Crippen molar-refractivity contribution in [3.8, 4) is 11.5 Å². The van der Waals surface area contributed by atoms with Gasteiger partial charge in [0.1, 0.15) is 11.7 Å². The molecule has 3 aromatic rings. The molecule has 0 unspecified atom stereocenters. The van der Waals surface area contributed by atoms with Gasteiger partial charge in [0, 0.05) is 0 Å². The van der Waals surface area contributed by atoms with Crippen LogP contribution in [0.5, 0.6) is 11.5 Å². The van der Waals surface area contributed by atoms with Crippen LogP contribution in [0.1, 0.15) is 36.6 Å². The number of amides is 4. The average molecular weight is 471 g/mol. The molecular formula is C28H26N2O5. The zero-order chi connectivity index (χ0) is 24.8. The molecule has 0 radical (unpaired) electrons. The first-order chi connectivity index (χ1) is 17.0. The van der Waals surface area contributed by atoms with Gasteiger partial charge in [-0.25, -0.2) is 4.79 Å². The van der Waals surface area contributed by atoms with E-state index in [1.54, 1.807) is 18.2 Å². The highest BCUT2D eigenvalue weighted by Gasteiger charge is 2.35. The molecule has 1 aliphatic rings. The smallest absolute Gasteiger partial charge is 0.331 e. The van der Waals surface area contributed by atoms with Gasteiger partial charge in [-0.3, -0.25) is 19.8 Å². The summed E-state index contributed by atoms with van der Waals surface area (Å²) in [4.78, 5) is 38.9. The zero-order valence-electron chi connectivity index (χ0n) is 19.6. The number of carbonyl (C=O) groups is 3. The third kappa shape index (κ3) is 5.58. The fraction of sp³-hybridized carbons (Fsp3) is 0.179. The van der Waals surface area contributed by atoms with Crippen LogP contribution in [-0.4, -0.2) is 29.4 Å². The number of imide groups is 2. The number of benzene rings is 3. The molecule has 4 rings (SSSR count). The van der Waals surface area contributed by atoms with Crippen molar-refractivity contribution < 1.29 is 23.9 Å². The van der Waals surface area contributed by atoms with Crippen LogP contribution in [0.4, 0.5) is 4.79 Å². The highest BCUT2D eigenvalue weighted by atomic mass is 16.5. The number of hydrogen-bond donors (Lipinski definition) is 1. The van der Waals surface area contributed by atoms with Crippen molar-refractivity contribution in [3.05, 3.63) is 101 Å². The molecule has 1 aliphatic heterocycles. The predicted molar refractivity (Wildman–Crippen MR) is 132 cm³/mol. The topological polar surface area (TPSA) is 84.9 Å². The molecule has 1 heterocycles. The summed E-state index contributed by atoms with van der Waals surface area (Å²) in [5.41, 5.74) is 2.24. The van der Waals surface area contributed by atoms with Gasteiger partial charge in [0.25, 0.3) is 11.8 Å². The molecule has 178 valence electrons. The van der Waals surface area contributed by atoms with Crippen LogP contribution < -0.4 is 14.8 Å². The minimum absolute atomic E-state index is 0.0600. The van der Waals surface area contributed by atoms with E-state index in [4.69, 9.17) is 9.47 Å². The van der Waals surface area contributed by atoms with Gasteiger partial charge in [-0.2, -0.15) is 0 Å². The molecular weight excluding hydrogens is 444 g/mol. The number of carbonyl (C=O) groups excluding carboxylic acids is 3. The van der Waals surface area contributed by atoms with Gasteiger partial charge < -0.3 is 9.47 Å². The van der Waals surface area contributed by atoms with Crippen LogP contribution >= 0.6 is 0 Å². The number of ether oxygens (including phenoxy) is 2. The van der Waals surface area contributed by atoms with Crippen molar-refractivity contribution in [2.24, 2.45) is 0 Å². The molecule has 1 saturated heterocycles. The fourth-order valence-electron chi connectivity index (χ4n) is 3.73. The predicted octanol–water partition coefficient (Wildman–Crippen LogP) is 4.89. The number of hydrogen-bond acceptors (Lipinski definition) is 5. The summed E-state index contributed by atoms with van der Waals surface area (Å²) < 4.78 is 11.9. The van der Waals surface area contributed by atoms with Crippen LogP contribution in [0.25, 0.3) is 6.08 Å². The third-order valence-corrected chi connectivity index (χ3v) is 5.52. The van der Waals surface area contributed by atoms with E-state index in [2.05, 4.69) is 5.32 Å². The Morgan fingerprint density at radius 3 is 2.29 bits per heavy atom. The first-order valence-corrected chi connectivity index (χ1v) is 11.4. The Morgan fingerprint density at radius 2 is 1.60 bits per heavy atom. The number of rotatable bonds is 8. The second kappa shape index (κ2) is 10.7. The average Bonchev–Trinajstić information content (AvgIpc) is 2.87. The molecule has 1 atom stereocenters. The summed E-state index contributed by atoms with van der Waals surface area (Å²) in [5, 5.41) is 2.25. The molecule has 0 bridgehead atoms. The summed E-state index contributed by atoms with van der Waals surface area (Å²) >= 11 is 0. The van der Waals surface area contributed by atoms with Crippen LogP contribution in [-0.2, 0) is 16.1 Å². The van der Waals surface area contributed by atoms with E-state index in [1.165, 1.54) is 6.08 Å². The maximum absolute atomic E-state index is 13.1. The fourth-order valence-corrected chi connectivity index (χ4v) is 3.73. The Morgan fingerprint density at radius 1 is 0.914 bits per heavy atom. The summed E-state index contributed by atoms with van der Waals surface area (Å²) in [6.07, 6.45) is 1.25. The molecule has 0 saturated carbocycles. The number of urea groups is 1. The second-order valence-electron chi connectivity index (χ2n) is 8.00. The first kappa shape index (κ1) is 23.8. The third-order valence-electron chi connectivity index (χ3n) is 5.52. The van der Waals surface area contributed by atoms with Crippen molar-refractivity contribution in [3.63, 3.8) is 0 Å². The minimum Gasteiger partial charge on any atom is -0.490 e. The number of nitrogens with zero attached hydrogens (tertiary/aromatic N) is 1. The molecule has 1 N–H and O–H groups in total. The molecule has 0 aliphatic carbocycles. The van der Waals surface area contributed by atoms with Gasteiger partial charge >= 0.3 is 6.03 Å². The number of barbiturate groups is 1. The van der Waals surface area contributed by atoms with E-state index in [-0.39, 0.29) is 18.2 Å². The minimum atomic E-state index is -0.741. The van der Waals surface area contributed by atoms with Crippen LogP contribution in [0.15, 0.2) is 84.4 Å². The van der Waals surface area contributed by atoms with E-state index in [0.29, 0.717) is 23.7 Å². The normalized spacial score (nSPS) is 15.7. The molecule has 0 spiro atoms. The van der Waals surface area contributed by atoms with Crippen LogP contribution in [0.3, 0.4) is 0 Å². The maximum atomic E-state index is 13.1. The molecule has 4 amide bonds. The Kier molecular flexibility index (Phi) is 7.26. The Hall–Kier alpha value is -4.39. The second-order valence-corrected chi connectivity index (χ2v) is 8.00. The van der Waals surface area contributed by atoms with Gasteiger partial charge in [-0.1, -0.05) is 66.7 Å². The lowest BCUT2D eigenvalue weighted by Crippen LogP contribution is -2.53. The summed E-state index contributed by atoms with van der Waals surface area (Å²) in [7, 11) is 0. The molecule has 3 aromatic carbocycles. The van der Waals surface area contributed by atoms with Gasteiger partial charge in [0.2, 0.25) is 0 Å². The Labute approximate surface area is 204 Å². The van der Waals surface area contributed by atoms with E-state index >= 15 is 0 Å². The molecule has 7 nitrogen and oxygen atoms in total. The Balaban J connectivity index is 1.59. The standard InChI is InChI=1S/C28H26N2O5/c1-3-34-25-17-21(14-15-24(25)35-19(2)22-12-8-5-9-13-22)16-23-26(31)29-28(33)30(27(23)32)18-20-10-6-4-7-11-20/h4-17,19H,3,18H2,1-2H3,(H,29,31,33)/b23-16+/t19-/m1/s1. The van der Waals surface area contributed by atoms with E-state index in [9.17, 15) is 14.4 Å². The zero-order valence-corrected chi connectivity index (χ0v) is 19.6. The summed E-state index contributed by atoms with van der Waals surface area (Å²) in [6, 6.07) is 23.4. The van der Waals surface area contributed by atoms with Crippen LogP contribution in [0.2, 0.25) is 0 Å². The van der Waals surface area contributed by atoms with Gasteiger partial charge in [-0.15, -0.1) is 0 Å². The highest BCUT2D eigenvalue weighted by Crippen LogP contribution is 2.33. The lowest BCUT2D eigenvalue weighted by atomic mass is 10.1. The van der Waals surface area contributed by atoms with Gasteiger partial charge in [0.05, 0.1) is 13.2 Å². The van der Waals surface area contributed by atoms with E-state index < -0.39 is 17.8 Å².